The molecule has 0 saturated carbocycles. The van der Waals surface area contributed by atoms with Crippen LogP contribution in [0.3, 0.4) is 0 Å². The van der Waals surface area contributed by atoms with E-state index in [9.17, 15) is 14.7 Å². The van der Waals surface area contributed by atoms with Crippen LogP contribution in [0, 0.1) is 0 Å². The first-order chi connectivity index (χ1) is 6.54. The van der Waals surface area contributed by atoms with E-state index < -0.39 is 5.91 Å². The highest BCUT2D eigenvalue weighted by Gasteiger charge is 2.17. The standard InChI is InChI=1S/C10H11NO3/c1-7(12)11(2)10(14)8-5-3-4-6-9(8)13/h3-6,13H,1-2H3. The van der Waals surface area contributed by atoms with E-state index in [4.69, 9.17) is 0 Å². The molecule has 0 aromatic heterocycles. The molecule has 0 saturated heterocycles. The summed E-state index contributed by atoms with van der Waals surface area (Å²) in [6.45, 7) is 1.29. The van der Waals surface area contributed by atoms with E-state index in [1.165, 1.54) is 26.1 Å². The van der Waals surface area contributed by atoms with E-state index in [0.29, 0.717) is 0 Å². The fourth-order valence-electron chi connectivity index (χ4n) is 0.978. The van der Waals surface area contributed by atoms with Gasteiger partial charge in [0.2, 0.25) is 5.91 Å². The fourth-order valence-corrected chi connectivity index (χ4v) is 0.978. The average Bonchev–Trinajstić information content (AvgIpc) is 2.16. The molecule has 2 amide bonds. The van der Waals surface area contributed by atoms with Crippen LogP contribution in [0.15, 0.2) is 24.3 Å². The molecular formula is C10H11NO3. The number of amides is 2. The summed E-state index contributed by atoms with van der Waals surface area (Å²) in [6, 6.07) is 6.11. The maximum Gasteiger partial charge on any atom is 0.263 e. The second kappa shape index (κ2) is 3.91. The summed E-state index contributed by atoms with van der Waals surface area (Å²) in [6.07, 6.45) is 0. The number of aromatic hydroxyl groups is 1. The molecule has 0 aliphatic carbocycles. The van der Waals surface area contributed by atoms with Crippen LogP contribution in [0.1, 0.15) is 17.3 Å². The second-order valence-electron chi connectivity index (χ2n) is 2.90. The summed E-state index contributed by atoms with van der Waals surface area (Å²) in [7, 11) is 1.37. The molecule has 1 aromatic carbocycles. The zero-order chi connectivity index (χ0) is 10.7. The minimum Gasteiger partial charge on any atom is -0.507 e. The Morgan fingerprint density at radius 3 is 2.36 bits per heavy atom. The Balaban J connectivity index is 3.01. The van der Waals surface area contributed by atoms with E-state index in [-0.39, 0.29) is 17.2 Å². The number of para-hydroxylation sites is 1. The number of phenolic OH excluding ortho intramolecular Hbond substituents is 1. The monoisotopic (exact) mass is 193 g/mol. The molecule has 0 radical (unpaired) electrons. The number of benzene rings is 1. The Labute approximate surface area is 81.8 Å². The third-order valence-corrected chi connectivity index (χ3v) is 1.91. The summed E-state index contributed by atoms with van der Waals surface area (Å²) >= 11 is 0. The van der Waals surface area contributed by atoms with Gasteiger partial charge in [-0.25, -0.2) is 0 Å². The molecule has 0 aliphatic heterocycles. The van der Waals surface area contributed by atoms with Gasteiger partial charge in [-0.1, -0.05) is 12.1 Å². The Hall–Kier alpha value is -1.84. The first kappa shape index (κ1) is 10.2. The molecule has 0 fully saturated rings. The molecule has 0 unspecified atom stereocenters. The summed E-state index contributed by atoms with van der Waals surface area (Å²) in [4.78, 5) is 23.4. The van der Waals surface area contributed by atoms with Gasteiger partial charge in [-0.05, 0) is 12.1 Å². The maximum atomic E-state index is 11.6. The van der Waals surface area contributed by atoms with Gasteiger partial charge >= 0.3 is 0 Å². The van der Waals surface area contributed by atoms with Crippen molar-refractivity contribution in [2.45, 2.75) is 6.92 Å². The molecule has 74 valence electrons. The van der Waals surface area contributed by atoms with Gasteiger partial charge in [0, 0.05) is 14.0 Å². The molecule has 0 heterocycles. The number of carbonyl (C=O) groups is 2. The van der Waals surface area contributed by atoms with Crippen LogP contribution in [-0.4, -0.2) is 28.9 Å². The topological polar surface area (TPSA) is 57.6 Å². The highest BCUT2D eigenvalue weighted by atomic mass is 16.3. The van der Waals surface area contributed by atoms with Gasteiger partial charge in [0.25, 0.3) is 5.91 Å². The van der Waals surface area contributed by atoms with Crippen molar-refractivity contribution in [1.29, 1.82) is 0 Å². The van der Waals surface area contributed by atoms with Crippen molar-refractivity contribution in [3.8, 4) is 5.75 Å². The molecule has 0 bridgehead atoms. The fraction of sp³-hybridized carbons (Fsp3) is 0.200. The van der Waals surface area contributed by atoms with Crippen LogP contribution in [-0.2, 0) is 4.79 Å². The molecule has 0 spiro atoms. The van der Waals surface area contributed by atoms with Crippen LogP contribution >= 0.6 is 0 Å². The largest absolute Gasteiger partial charge is 0.507 e. The van der Waals surface area contributed by atoms with Crippen LogP contribution in [0.5, 0.6) is 5.75 Å². The lowest BCUT2D eigenvalue weighted by atomic mass is 10.2. The van der Waals surface area contributed by atoms with Gasteiger partial charge in [0.05, 0.1) is 5.56 Å². The van der Waals surface area contributed by atoms with Gasteiger partial charge in [-0.15, -0.1) is 0 Å². The first-order valence-electron chi connectivity index (χ1n) is 4.10. The lowest BCUT2D eigenvalue weighted by Crippen LogP contribution is -2.30. The predicted octanol–water partition coefficient (Wildman–Crippen LogP) is 1.01. The molecular weight excluding hydrogens is 182 g/mol. The van der Waals surface area contributed by atoms with Crippen LogP contribution in [0.25, 0.3) is 0 Å². The van der Waals surface area contributed by atoms with Crippen molar-refractivity contribution in [1.82, 2.24) is 4.90 Å². The van der Waals surface area contributed by atoms with Crippen LogP contribution in [0.4, 0.5) is 0 Å². The smallest absolute Gasteiger partial charge is 0.263 e. The second-order valence-corrected chi connectivity index (χ2v) is 2.90. The van der Waals surface area contributed by atoms with E-state index in [2.05, 4.69) is 0 Å². The summed E-state index contributed by atoms with van der Waals surface area (Å²) in [5.41, 5.74) is 0.130. The number of phenols is 1. The van der Waals surface area contributed by atoms with Crippen molar-refractivity contribution in [2.75, 3.05) is 7.05 Å². The van der Waals surface area contributed by atoms with E-state index >= 15 is 0 Å². The lowest BCUT2D eigenvalue weighted by Gasteiger charge is -2.13. The zero-order valence-corrected chi connectivity index (χ0v) is 8.02. The highest BCUT2D eigenvalue weighted by Crippen LogP contribution is 2.17. The molecule has 4 nitrogen and oxygen atoms in total. The van der Waals surface area contributed by atoms with Crippen molar-refractivity contribution < 1.29 is 14.7 Å². The Morgan fingerprint density at radius 2 is 1.86 bits per heavy atom. The molecule has 1 aromatic rings. The van der Waals surface area contributed by atoms with E-state index in [0.717, 1.165) is 4.90 Å². The molecule has 1 rings (SSSR count). The van der Waals surface area contributed by atoms with Crippen molar-refractivity contribution in [2.24, 2.45) is 0 Å². The van der Waals surface area contributed by atoms with Gasteiger partial charge < -0.3 is 5.11 Å². The summed E-state index contributed by atoms with van der Waals surface area (Å²) in [5, 5.41) is 9.35. The quantitative estimate of drug-likeness (QED) is 0.724. The maximum absolute atomic E-state index is 11.6. The number of hydrogen-bond donors (Lipinski definition) is 1. The minimum atomic E-state index is -0.504. The molecule has 0 atom stereocenters. The summed E-state index contributed by atoms with van der Waals surface area (Å²) < 4.78 is 0. The predicted molar refractivity (Wildman–Crippen MR) is 50.9 cm³/mol. The van der Waals surface area contributed by atoms with Crippen molar-refractivity contribution in [3.63, 3.8) is 0 Å². The first-order valence-corrected chi connectivity index (χ1v) is 4.10. The normalized spacial score (nSPS) is 9.57. The number of nitrogens with zero attached hydrogens (tertiary/aromatic N) is 1. The van der Waals surface area contributed by atoms with Gasteiger partial charge in [-0.3, -0.25) is 14.5 Å². The Kier molecular flexibility index (Phi) is 2.86. The Morgan fingerprint density at radius 1 is 1.29 bits per heavy atom. The van der Waals surface area contributed by atoms with Gasteiger partial charge in [0.15, 0.2) is 0 Å². The highest BCUT2D eigenvalue weighted by molar-refractivity contribution is 6.05. The molecule has 14 heavy (non-hydrogen) atoms. The zero-order valence-electron chi connectivity index (χ0n) is 8.02. The van der Waals surface area contributed by atoms with Crippen molar-refractivity contribution in [3.05, 3.63) is 29.8 Å². The lowest BCUT2D eigenvalue weighted by molar-refractivity contribution is -0.125. The minimum absolute atomic E-state index is 0.120. The van der Waals surface area contributed by atoms with Gasteiger partial charge in [-0.2, -0.15) is 0 Å². The van der Waals surface area contributed by atoms with E-state index in [1.807, 2.05) is 0 Å². The van der Waals surface area contributed by atoms with E-state index in [1.54, 1.807) is 12.1 Å². The SMILES string of the molecule is CC(=O)N(C)C(=O)c1ccccc1O. The number of imide groups is 1. The number of hydrogen-bond acceptors (Lipinski definition) is 3. The Bertz CT molecular complexity index is 373. The van der Waals surface area contributed by atoms with Crippen LogP contribution < -0.4 is 0 Å². The average molecular weight is 193 g/mol. The van der Waals surface area contributed by atoms with Gasteiger partial charge in [0.1, 0.15) is 5.75 Å². The third kappa shape index (κ3) is 1.90. The number of rotatable bonds is 1. The molecule has 0 aliphatic rings. The van der Waals surface area contributed by atoms with Crippen LogP contribution in [0.2, 0.25) is 0 Å². The molecule has 4 heteroatoms. The molecule has 1 N–H and O–H groups in total. The van der Waals surface area contributed by atoms with Crippen molar-refractivity contribution >= 4 is 11.8 Å². The summed E-state index contributed by atoms with van der Waals surface area (Å²) in [5.74, 6) is -0.987. The third-order valence-electron chi connectivity index (χ3n) is 1.91. The number of carbonyl (C=O) groups excluding carboxylic acids is 2.